The first-order valence-electron chi connectivity index (χ1n) is 10.1. The summed E-state index contributed by atoms with van der Waals surface area (Å²) in [6.45, 7) is 0.789. The van der Waals surface area contributed by atoms with Crippen LogP contribution in [0.4, 0.5) is 5.82 Å². The summed E-state index contributed by atoms with van der Waals surface area (Å²) >= 11 is 0. The van der Waals surface area contributed by atoms with Crippen molar-refractivity contribution >= 4 is 11.8 Å². The highest BCUT2D eigenvalue weighted by atomic mass is 16.5. The van der Waals surface area contributed by atoms with Crippen molar-refractivity contribution in [2.75, 3.05) is 19.0 Å². The number of esters is 1. The fraction of sp³-hybridized carbons (Fsp3) is 0.292. The predicted molar refractivity (Wildman–Crippen MR) is 115 cm³/mol. The lowest BCUT2D eigenvalue weighted by Crippen LogP contribution is -2.33. The fourth-order valence-electron chi connectivity index (χ4n) is 3.18. The quantitative estimate of drug-likeness (QED) is 0.542. The first kappa shape index (κ1) is 19.9. The summed E-state index contributed by atoms with van der Waals surface area (Å²) in [5.41, 5.74) is 2.76. The molecule has 0 unspecified atom stereocenters. The second-order valence-corrected chi connectivity index (χ2v) is 7.48. The van der Waals surface area contributed by atoms with Crippen LogP contribution in [0.1, 0.15) is 18.4 Å². The number of anilines is 1. The van der Waals surface area contributed by atoms with Crippen LogP contribution in [0.3, 0.4) is 0 Å². The van der Waals surface area contributed by atoms with Crippen LogP contribution in [-0.4, -0.2) is 35.7 Å². The van der Waals surface area contributed by atoms with Gasteiger partial charge in [0, 0.05) is 18.1 Å². The molecular weight excluding hydrogens is 378 g/mol. The van der Waals surface area contributed by atoms with Gasteiger partial charge in [-0.1, -0.05) is 30.3 Å². The number of rotatable bonds is 9. The van der Waals surface area contributed by atoms with Crippen molar-refractivity contribution in [2.24, 2.45) is 5.92 Å². The topological polar surface area (TPSA) is 73.3 Å². The van der Waals surface area contributed by atoms with E-state index in [0.717, 1.165) is 35.1 Å². The van der Waals surface area contributed by atoms with E-state index in [-0.39, 0.29) is 5.97 Å². The van der Waals surface area contributed by atoms with Crippen molar-refractivity contribution in [2.45, 2.75) is 25.3 Å². The van der Waals surface area contributed by atoms with Gasteiger partial charge in [-0.05, 0) is 48.6 Å². The van der Waals surface area contributed by atoms with Gasteiger partial charge in [-0.3, -0.25) is 0 Å². The molecule has 1 heterocycles. The van der Waals surface area contributed by atoms with Crippen LogP contribution in [0.15, 0.2) is 67.0 Å². The maximum atomic E-state index is 12.3. The molecule has 0 spiro atoms. The van der Waals surface area contributed by atoms with Gasteiger partial charge in [0.25, 0.3) is 0 Å². The van der Waals surface area contributed by atoms with E-state index in [0.29, 0.717) is 12.2 Å². The SMILES string of the molecule is COC(=O)[C@H](Cc1ccccc1)Nc1cc(-c2ccc(OCC3CC3)cc2)ncn1. The zero-order chi connectivity index (χ0) is 20.8. The zero-order valence-electron chi connectivity index (χ0n) is 17.0. The lowest BCUT2D eigenvalue weighted by atomic mass is 10.1. The van der Waals surface area contributed by atoms with Crippen molar-refractivity contribution in [3.8, 4) is 17.0 Å². The van der Waals surface area contributed by atoms with Crippen LogP contribution in [-0.2, 0) is 16.0 Å². The lowest BCUT2D eigenvalue weighted by molar-refractivity contribution is -0.141. The van der Waals surface area contributed by atoms with E-state index < -0.39 is 6.04 Å². The molecule has 30 heavy (non-hydrogen) atoms. The highest BCUT2D eigenvalue weighted by Gasteiger charge is 2.22. The Bertz CT molecular complexity index is 973. The number of methoxy groups -OCH3 is 1. The van der Waals surface area contributed by atoms with Crippen LogP contribution < -0.4 is 10.1 Å². The third-order valence-corrected chi connectivity index (χ3v) is 5.09. The number of ether oxygens (including phenoxy) is 2. The second kappa shape index (κ2) is 9.39. The third kappa shape index (κ3) is 5.35. The van der Waals surface area contributed by atoms with Crippen molar-refractivity contribution in [1.82, 2.24) is 9.97 Å². The summed E-state index contributed by atoms with van der Waals surface area (Å²) in [6, 6.07) is 19.0. The average molecular weight is 403 g/mol. The molecule has 2 aromatic carbocycles. The van der Waals surface area contributed by atoms with Gasteiger partial charge in [-0.2, -0.15) is 0 Å². The molecule has 1 saturated carbocycles. The summed E-state index contributed by atoms with van der Waals surface area (Å²) in [5, 5.41) is 3.19. The van der Waals surface area contributed by atoms with E-state index in [1.165, 1.54) is 26.3 Å². The Morgan fingerprint density at radius 3 is 2.57 bits per heavy atom. The number of aromatic nitrogens is 2. The van der Waals surface area contributed by atoms with E-state index in [4.69, 9.17) is 9.47 Å². The van der Waals surface area contributed by atoms with Gasteiger partial charge in [0.15, 0.2) is 0 Å². The molecule has 1 aliphatic carbocycles. The average Bonchev–Trinajstić information content (AvgIpc) is 3.63. The molecule has 0 bridgehead atoms. The Morgan fingerprint density at radius 2 is 1.87 bits per heavy atom. The number of benzene rings is 2. The van der Waals surface area contributed by atoms with Crippen molar-refractivity contribution in [3.63, 3.8) is 0 Å². The summed E-state index contributed by atoms with van der Waals surface area (Å²) in [4.78, 5) is 20.9. The van der Waals surface area contributed by atoms with Gasteiger partial charge in [-0.25, -0.2) is 14.8 Å². The molecule has 4 rings (SSSR count). The van der Waals surface area contributed by atoms with Crippen LogP contribution in [0, 0.1) is 5.92 Å². The van der Waals surface area contributed by atoms with Gasteiger partial charge in [0.1, 0.15) is 23.9 Å². The monoisotopic (exact) mass is 403 g/mol. The molecule has 154 valence electrons. The molecular formula is C24H25N3O3. The zero-order valence-corrected chi connectivity index (χ0v) is 17.0. The Labute approximate surface area is 176 Å². The minimum Gasteiger partial charge on any atom is -0.493 e. The van der Waals surface area contributed by atoms with E-state index in [1.807, 2.05) is 60.7 Å². The Morgan fingerprint density at radius 1 is 1.10 bits per heavy atom. The summed E-state index contributed by atoms with van der Waals surface area (Å²) in [7, 11) is 1.39. The molecule has 1 N–H and O–H groups in total. The number of hydrogen-bond acceptors (Lipinski definition) is 6. The predicted octanol–water partition coefficient (Wildman–Crippen LogP) is 4.13. The molecule has 1 atom stereocenters. The number of nitrogens with zero attached hydrogens (tertiary/aromatic N) is 2. The standard InChI is InChI=1S/C24H25N3O3/c1-29-24(28)22(13-17-5-3-2-4-6-17)27-23-14-21(25-16-26-23)19-9-11-20(12-10-19)30-15-18-7-8-18/h2-6,9-12,14,16,18,22H,7-8,13,15H2,1H3,(H,25,26,27)/t22-/m0/s1. The van der Waals surface area contributed by atoms with Gasteiger partial charge in [0.05, 0.1) is 19.4 Å². The van der Waals surface area contributed by atoms with E-state index in [2.05, 4.69) is 15.3 Å². The molecule has 3 aromatic rings. The minimum absolute atomic E-state index is 0.337. The van der Waals surface area contributed by atoms with E-state index in [1.54, 1.807) is 0 Å². The fourth-order valence-corrected chi connectivity index (χ4v) is 3.18. The van der Waals surface area contributed by atoms with E-state index >= 15 is 0 Å². The van der Waals surface area contributed by atoms with Gasteiger partial charge >= 0.3 is 5.97 Å². The van der Waals surface area contributed by atoms with Crippen molar-refractivity contribution in [1.29, 1.82) is 0 Å². The second-order valence-electron chi connectivity index (χ2n) is 7.48. The Kier molecular flexibility index (Phi) is 6.23. The molecule has 6 heteroatoms. The number of nitrogens with one attached hydrogen (secondary N) is 1. The number of carbonyl (C=O) groups is 1. The van der Waals surface area contributed by atoms with Crippen LogP contribution >= 0.6 is 0 Å². The van der Waals surface area contributed by atoms with Gasteiger partial charge < -0.3 is 14.8 Å². The van der Waals surface area contributed by atoms with Crippen molar-refractivity contribution in [3.05, 3.63) is 72.6 Å². The summed E-state index contributed by atoms with van der Waals surface area (Å²) in [5.74, 6) is 1.82. The molecule has 0 saturated heterocycles. The summed E-state index contributed by atoms with van der Waals surface area (Å²) in [6.07, 6.45) is 4.53. The molecule has 0 amide bonds. The molecule has 0 radical (unpaired) electrons. The maximum Gasteiger partial charge on any atom is 0.328 e. The van der Waals surface area contributed by atoms with Gasteiger partial charge in [0.2, 0.25) is 0 Å². The maximum absolute atomic E-state index is 12.3. The first-order chi connectivity index (χ1) is 14.7. The normalized spacial score (nSPS) is 14.0. The van der Waals surface area contributed by atoms with Crippen molar-refractivity contribution < 1.29 is 14.3 Å². The van der Waals surface area contributed by atoms with E-state index in [9.17, 15) is 4.79 Å². The molecule has 1 aliphatic rings. The lowest BCUT2D eigenvalue weighted by Gasteiger charge is -2.17. The Hall–Kier alpha value is -3.41. The molecule has 0 aliphatic heterocycles. The minimum atomic E-state index is -0.543. The highest BCUT2D eigenvalue weighted by molar-refractivity contribution is 5.79. The smallest absolute Gasteiger partial charge is 0.328 e. The number of carbonyl (C=O) groups excluding carboxylic acids is 1. The molecule has 1 fully saturated rings. The summed E-state index contributed by atoms with van der Waals surface area (Å²) < 4.78 is 10.8. The van der Waals surface area contributed by atoms with Crippen LogP contribution in [0.25, 0.3) is 11.3 Å². The Balaban J connectivity index is 1.46. The highest BCUT2D eigenvalue weighted by Crippen LogP contribution is 2.30. The molecule has 1 aromatic heterocycles. The van der Waals surface area contributed by atoms with Crippen LogP contribution in [0.2, 0.25) is 0 Å². The largest absolute Gasteiger partial charge is 0.493 e. The van der Waals surface area contributed by atoms with Gasteiger partial charge in [-0.15, -0.1) is 0 Å². The molecule has 6 nitrogen and oxygen atoms in total. The first-order valence-corrected chi connectivity index (χ1v) is 10.1. The third-order valence-electron chi connectivity index (χ3n) is 5.09. The number of hydrogen-bond donors (Lipinski definition) is 1. The van der Waals surface area contributed by atoms with Crippen LogP contribution in [0.5, 0.6) is 5.75 Å².